The highest BCUT2D eigenvalue weighted by Gasteiger charge is 1.94. The molecule has 0 atom stereocenters. The summed E-state index contributed by atoms with van der Waals surface area (Å²) in [6.45, 7) is 13.2. The predicted octanol–water partition coefficient (Wildman–Crippen LogP) is 3.60. The third-order valence-corrected chi connectivity index (χ3v) is 1.57. The lowest BCUT2D eigenvalue weighted by atomic mass is 10.1. The van der Waals surface area contributed by atoms with Crippen molar-refractivity contribution in [2.75, 3.05) is 7.11 Å². The van der Waals surface area contributed by atoms with Crippen LogP contribution in [0.1, 0.15) is 25.0 Å². The Morgan fingerprint density at radius 2 is 1.80 bits per heavy atom. The molecular weight excluding hydrogens is 186 g/mol. The summed E-state index contributed by atoms with van der Waals surface area (Å²) in [6.07, 6.45) is 1.79. The third-order valence-electron chi connectivity index (χ3n) is 1.57. The van der Waals surface area contributed by atoms with E-state index in [4.69, 9.17) is 5.11 Å². The molecule has 0 aliphatic rings. The van der Waals surface area contributed by atoms with E-state index in [0.29, 0.717) is 0 Å². The molecule has 84 valence electrons. The van der Waals surface area contributed by atoms with Gasteiger partial charge in [0.15, 0.2) is 0 Å². The van der Waals surface area contributed by atoms with E-state index < -0.39 is 0 Å². The zero-order chi connectivity index (χ0) is 12.3. The van der Waals surface area contributed by atoms with Crippen molar-refractivity contribution >= 4 is 18.5 Å². The zero-order valence-electron chi connectivity index (χ0n) is 10.1. The normalized spacial score (nSPS) is 7.53. The van der Waals surface area contributed by atoms with Crippen LogP contribution >= 0.6 is 0 Å². The van der Waals surface area contributed by atoms with Crippen LogP contribution in [0.2, 0.25) is 0 Å². The lowest BCUT2D eigenvalue weighted by molar-refractivity contribution is 0.399. The van der Waals surface area contributed by atoms with Crippen molar-refractivity contribution in [1.82, 2.24) is 0 Å². The largest absolute Gasteiger partial charge is 0.400 e. The average Bonchev–Trinajstić information content (AvgIpc) is 2.34. The minimum Gasteiger partial charge on any atom is -0.400 e. The van der Waals surface area contributed by atoms with Gasteiger partial charge in [0.25, 0.3) is 0 Å². The summed E-state index contributed by atoms with van der Waals surface area (Å²) in [4.78, 5) is 3.86. The van der Waals surface area contributed by atoms with E-state index in [0.717, 1.165) is 18.4 Å². The van der Waals surface area contributed by atoms with Crippen LogP contribution in [-0.4, -0.2) is 18.9 Å². The Hall–Kier alpha value is -1.41. The van der Waals surface area contributed by atoms with Gasteiger partial charge in [0, 0.05) is 7.11 Å². The van der Waals surface area contributed by atoms with Crippen LogP contribution in [-0.2, 0) is 0 Å². The number of hydrogen-bond acceptors (Lipinski definition) is 2. The van der Waals surface area contributed by atoms with Gasteiger partial charge in [-0.15, -0.1) is 0 Å². The number of aryl methyl sites for hydroxylation is 1. The SMILES string of the molecule is C=Cc1cc(C)ccc1N=C.CC.CO. The van der Waals surface area contributed by atoms with Gasteiger partial charge in [0.05, 0.1) is 5.69 Å². The standard InChI is InChI=1S/C10H11N.C2H6.CH4O/c1-4-9-7-8(2)5-6-10(9)11-3;2*1-2/h4-7H,1,3H2,2H3;1-2H3;2H,1H3. The van der Waals surface area contributed by atoms with Gasteiger partial charge >= 0.3 is 0 Å². The lowest BCUT2D eigenvalue weighted by Gasteiger charge is -1.99. The molecule has 0 radical (unpaired) electrons. The highest BCUT2D eigenvalue weighted by atomic mass is 16.2. The minimum absolute atomic E-state index is 0.894. The summed E-state index contributed by atoms with van der Waals surface area (Å²) in [5.74, 6) is 0. The number of aliphatic hydroxyl groups is 1. The molecule has 0 saturated heterocycles. The van der Waals surface area contributed by atoms with Gasteiger partial charge < -0.3 is 5.11 Å². The summed E-state index contributed by atoms with van der Waals surface area (Å²) in [5, 5.41) is 7.00. The van der Waals surface area contributed by atoms with Crippen molar-refractivity contribution in [3.8, 4) is 0 Å². The molecule has 0 aromatic heterocycles. The molecule has 0 spiro atoms. The van der Waals surface area contributed by atoms with E-state index in [1.807, 2.05) is 39.0 Å². The van der Waals surface area contributed by atoms with E-state index in [9.17, 15) is 0 Å². The van der Waals surface area contributed by atoms with Gasteiger partial charge in [-0.1, -0.05) is 38.1 Å². The number of aliphatic hydroxyl groups excluding tert-OH is 1. The molecule has 15 heavy (non-hydrogen) atoms. The van der Waals surface area contributed by atoms with E-state index in [2.05, 4.69) is 18.3 Å². The Labute approximate surface area is 93.0 Å². The molecule has 1 aromatic rings. The maximum absolute atomic E-state index is 7.00. The first-order chi connectivity index (χ1) is 7.27. The summed E-state index contributed by atoms with van der Waals surface area (Å²) >= 11 is 0. The Balaban J connectivity index is 0. The first kappa shape index (κ1) is 16.0. The van der Waals surface area contributed by atoms with E-state index >= 15 is 0 Å². The second-order valence-corrected chi connectivity index (χ2v) is 2.42. The summed E-state index contributed by atoms with van der Waals surface area (Å²) < 4.78 is 0. The molecule has 1 aromatic carbocycles. The van der Waals surface area contributed by atoms with Crippen molar-refractivity contribution in [1.29, 1.82) is 0 Å². The molecule has 2 heteroatoms. The van der Waals surface area contributed by atoms with Crippen LogP contribution in [0.15, 0.2) is 29.8 Å². The number of benzene rings is 1. The van der Waals surface area contributed by atoms with Gasteiger partial charge in [-0.05, 0) is 31.3 Å². The maximum atomic E-state index is 7.00. The van der Waals surface area contributed by atoms with Crippen molar-refractivity contribution in [2.24, 2.45) is 4.99 Å². The van der Waals surface area contributed by atoms with Crippen LogP contribution in [0.25, 0.3) is 6.08 Å². The topological polar surface area (TPSA) is 32.6 Å². The molecule has 0 amide bonds. The van der Waals surface area contributed by atoms with Gasteiger partial charge in [-0.2, -0.15) is 0 Å². The second kappa shape index (κ2) is 10.7. The number of nitrogens with zero attached hydrogens (tertiary/aromatic N) is 1. The van der Waals surface area contributed by atoms with E-state index in [-0.39, 0.29) is 0 Å². The number of hydrogen-bond donors (Lipinski definition) is 1. The Bertz CT molecular complexity index is 293. The monoisotopic (exact) mass is 207 g/mol. The summed E-state index contributed by atoms with van der Waals surface area (Å²) in [6, 6.07) is 5.99. The highest BCUT2D eigenvalue weighted by molar-refractivity contribution is 5.65. The molecule has 0 unspecified atom stereocenters. The molecule has 0 fully saturated rings. The Kier molecular flexibility index (Phi) is 11.4. The fourth-order valence-corrected chi connectivity index (χ4v) is 0.981. The number of aliphatic imine (C=N–C) groups is 1. The predicted molar refractivity (Wildman–Crippen MR) is 70.0 cm³/mol. The van der Waals surface area contributed by atoms with Crippen molar-refractivity contribution < 1.29 is 5.11 Å². The third kappa shape index (κ3) is 5.81. The zero-order valence-corrected chi connectivity index (χ0v) is 10.1. The van der Waals surface area contributed by atoms with Crippen LogP contribution < -0.4 is 0 Å². The maximum Gasteiger partial charge on any atom is 0.0694 e. The second-order valence-electron chi connectivity index (χ2n) is 2.42. The van der Waals surface area contributed by atoms with E-state index in [1.54, 1.807) is 6.08 Å². The van der Waals surface area contributed by atoms with Crippen LogP contribution in [0.3, 0.4) is 0 Å². The summed E-state index contributed by atoms with van der Waals surface area (Å²) in [7, 11) is 1.00. The Morgan fingerprint density at radius 3 is 2.20 bits per heavy atom. The highest BCUT2D eigenvalue weighted by Crippen LogP contribution is 2.20. The van der Waals surface area contributed by atoms with E-state index in [1.165, 1.54) is 5.56 Å². The fraction of sp³-hybridized carbons (Fsp3) is 0.308. The van der Waals surface area contributed by atoms with Gasteiger partial charge in [0.2, 0.25) is 0 Å². The average molecular weight is 207 g/mol. The molecule has 0 heterocycles. The van der Waals surface area contributed by atoms with Crippen LogP contribution in [0.4, 0.5) is 5.69 Å². The number of rotatable bonds is 2. The molecular formula is C13H21NO. The van der Waals surface area contributed by atoms with Gasteiger partial charge in [0.1, 0.15) is 0 Å². The Morgan fingerprint density at radius 1 is 1.27 bits per heavy atom. The molecule has 0 aliphatic carbocycles. The van der Waals surface area contributed by atoms with Crippen molar-refractivity contribution in [2.45, 2.75) is 20.8 Å². The summed E-state index contributed by atoms with van der Waals surface area (Å²) in [5.41, 5.74) is 3.15. The molecule has 0 aliphatic heterocycles. The van der Waals surface area contributed by atoms with Gasteiger partial charge in [-0.3, -0.25) is 4.99 Å². The first-order valence-corrected chi connectivity index (χ1v) is 4.92. The smallest absolute Gasteiger partial charge is 0.0694 e. The fourth-order valence-electron chi connectivity index (χ4n) is 0.981. The van der Waals surface area contributed by atoms with Crippen LogP contribution in [0.5, 0.6) is 0 Å². The molecule has 2 nitrogen and oxygen atoms in total. The molecule has 1 N–H and O–H groups in total. The lowest BCUT2D eigenvalue weighted by Crippen LogP contribution is -1.76. The minimum atomic E-state index is 0.894. The molecule has 0 bridgehead atoms. The quantitative estimate of drug-likeness (QED) is 0.738. The van der Waals surface area contributed by atoms with Crippen molar-refractivity contribution in [3.05, 3.63) is 35.9 Å². The molecule has 1 rings (SSSR count). The first-order valence-electron chi connectivity index (χ1n) is 4.92. The van der Waals surface area contributed by atoms with Crippen molar-refractivity contribution in [3.63, 3.8) is 0 Å². The van der Waals surface area contributed by atoms with Crippen LogP contribution in [0, 0.1) is 6.92 Å². The molecule has 0 saturated carbocycles. The van der Waals surface area contributed by atoms with Gasteiger partial charge in [-0.25, -0.2) is 0 Å².